The van der Waals surface area contributed by atoms with Crippen LogP contribution in [0.3, 0.4) is 0 Å². The first-order valence-electron chi connectivity index (χ1n) is 4.88. The van der Waals surface area contributed by atoms with Crippen LogP contribution in [-0.4, -0.2) is 17.1 Å². The van der Waals surface area contributed by atoms with Gasteiger partial charge < -0.3 is 9.72 Å². The Morgan fingerprint density at radius 1 is 1.44 bits per heavy atom. The molecule has 0 radical (unpaired) electrons. The zero-order valence-corrected chi connectivity index (χ0v) is 8.84. The first kappa shape index (κ1) is 10.2. The molecule has 0 bridgehead atoms. The fourth-order valence-corrected chi connectivity index (χ4v) is 1.62. The first-order chi connectivity index (χ1) is 7.86. The number of para-hydroxylation sites is 1. The van der Waals surface area contributed by atoms with Gasteiger partial charge in [0.2, 0.25) is 0 Å². The Kier molecular flexibility index (Phi) is 2.88. The molecule has 0 amide bonds. The summed E-state index contributed by atoms with van der Waals surface area (Å²) in [5, 5.41) is 9.21. The highest BCUT2D eigenvalue weighted by Gasteiger charge is 2.19. The number of nitriles is 1. The zero-order chi connectivity index (χ0) is 11.4. The Morgan fingerprint density at radius 2 is 2.25 bits per heavy atom. The highest BCUT2D eigenvalue weighted by molar-refractivity contribution is 5.42. The van der Waals surface area contributed by atoms with Crippen LogP contribution in [0.1, 0.15) is 17.3 Å². The lowest BCUT2D eigenvalue weighted by molar-refractivity contribution is 0.409. The number of methoxy groups -OCH3 is 1. The van der Waals surface area contributed by atoms with Crippen LogP contribution in [0.15, 0.2) is 36.7 Å². The van der Waals surface area contributed by atoms with Gasteiger partial charge in [0.05, 0.1) is 13.2 Å². The summed E-state index contributed by atoms with van der Waals surface area (Å²) in [5.74, 6) is 0.906. The van der Waals surface area contributed by atoms with Crippen molar-refractivity contribution in [3.05, 3.63) is 48.0 Å². The van der Waals surface area contributed by atoms with E-state index in [1.165, 1.54) is 0 Å². The molecule has 0 aliphatic rings. The molecular weight excluding hydrogens is 202 g/mol. The fourth-order valence-electron chi connectivity index (χ4n) is 1.62. The number of aromatic amines is 1. The van der Waals surface area contributed by atoms with E-state index in [0.717, 1.165) is 5.56 Å². The number of hydrogen-bond donors (Lipinski definition) is 1. The van der Waals surface area contributed by atoms with Crippen LogP contribution in [0.4, 0.5) is 0 Å². The number of nitrogens with zero attached hydrogens (tertiary/aromatic N) is 2. The summed E-state index contributed by atoms with van der Waals surface area (Å²) in [5.41, 5.74) is 0.822. The van der Waals surface area contributed by atoms with E-state index in [-0.39, 0.29) is 0 Å². The van der Waals surface area contributed by atoms with E-state index < -0.39 is 5.92 Å². The van der Waals surface area contributed by atoms with E-state index >= 15 is 0 Å². The SMILES string of the molecule is COc1ccccc1C(C#N)c1ncc[nH]1. The lowest BCUT2D eigenvalue weighted by atomic mass is 9.99. The summed E-state index contributed by atoms with van der Waals surface area (Å²) >= 11 is 0. The van der Waals surface area contributed by atoms with Crippen molar-refractivity contribution in [3.8, 4) is 11.8 Å². The molecule has 1 heterocycles. The van der Waals surface area contributed by atoms with Gasteiger partial charge in [-0.15, -0.1) is 0 Å². The second-order valence-electron chi connectivity index (χ2n) is 3.28. The number of rotatable bonds is 3. The lowest BCUT2D eigenvalue weighted by Gasteiger charge is -2.11. The molecule has 1 aromatic heterocycles. The van der Waals surface area contributed by atoms with Gasteiger partial charge in [-0.2, -0.15) is 5.26 Å². The molecule has 1 N–H and O–H groups in total. The Morgan fingerprint density at radius 3 is 2.88 bits per heavy atom. The zero-order valence-electron chi connectivity index (χ0n) is 8.84. The Bertz CT molecular complexity index is 499. The average molecular weight is 213 g/mol. The van der Waals surface area contributed by atoms with Crippen molar-refractivity contribution in [2.75, 3.05) is 7.11 Å². The first-order valence-corrected chi connectivity index (χ1v) is 4.88. The molecule has 0 aliphatic carbocycles. The summed E-state index contributed by atoms with van der Waals surface area (Å²) in [4.78, 5) is 7.05. The second kappa shape index (κ2) is 4.49. The van der Waals surface area contributed by atoms with Crippen LogP contribution in [0.2, 0.25) is 0 Å². The van der Waals surface area contributed by atoms with Crippen molar-refractivity contribution in [1.29, 1.82) is 5.26 Å². The monoisotopic (exact) mass is 213 g/mol. The van der Waals surface area contributed by atoms with E-state index in [1.807, 2.05) is 24.3 Å². The van der Waals surface area contributed by atoms with Crippen molar-refractivity contribution in [3.63, 3.8) is 0 Å². The second-order valence-corrected chi connectivity index (χ2v) is 3.28. The predicted octanol–water partition coefficient (Wildman–Crippen LogP) is 2.07. The van der Waals surface area contributed by atoms with Gasteiger partial charge in [-0.1, -0.05) is 18.2 Å². The number of hydrogen-bond acceptors (Lipinski definition) is 3. The minimum atomic E-state index is -0.425. The molecule has 4 nitrogen and oxygen atoms in total. The standard InChI is InChI=1S/C12H11N3O/c1-16-11-5-3-2-4-9(11)10(8-13)12-14-6-7-15-12/h2-7,10H,1H3,(H,14,15). The normalized spacial score (nSPS) is 11.8. The summed E-state index contributed by atoms with van der Waals surface area (Å²) in [7, 11) is 1.59. The number of H-pyrrole nitrogens is 1. The third kappa shape index (κ3) is 1.75. The number of imidazole rings is 1. The minimum absolute atomic E-state index is 0.425. The number of nitrogens with one attached hydrogen (secondary N) is 1. The van der Waals surface area contributed by atoms with E-state index in [9.17, 15) is 5.26 Å². The molecule has 0 aliphatic heterocycles. The van der Waals surface area contributed by atoms with Gasteiger partial charge in [0.25, 0.3) is 0 Å². The predicted molar refractivity (Wildman–Crippen MR) is 59.0 cm³/mol. The molecule has 4 heteroatoms. The summed E-state index contributed by atoms with van der Waals surface area (Å²) < 4.78 is 5.23. The summed E-state index contributed by atoms with van der Waals surface area (Å²) in [6, 6.07) is 9.68. The molecule has 0 saturated heterocycles. The van der Waals surface area contributed by atoms with Crippen molar-refractivity contribution in [2.45, 2.75) is 5.92 Å². The topological polar surface area (TPSA) is 61.7 Å². The van der Waals surface area contributed by atoms with Crippen LogP contribution in [0, 0.1) is 11.3 Å². The Balaban J connectivity index is 2.46. The van der Waals surface area contributed by atoms with Crippen LogP contribution < -0.4 is 4.74 Å². The van der Waals surface area contributed by atoms with Gasteiger partial charge in [-0.05, 0) is 6.07 Å². The average Bonchev–Trinajstić information content (AvgIpc) is 2.84. The molecular formula is C12H11N3O. The highest BCUT2D eigenvalue weighted by Crippen LogP contribution is 2.29. The molecule has 2 rings (SSSR count). The molecule has 16 heavy (non-hydrogen) atoms. The molecule has 1 atom stereocenters. The molecule has 80 valence electrons. The van der Waals surface area contributed by atoms with Crippen molar-refractivity contribution < 1.29 is 4.74 Å². The number of aromatic nitrogens is 2. The van der Waals surface area contributed by atoms with E-state index in [2.05, 4.69) is 16.0 Å². The summed E-state index contributed by atoms with van der Waals surface area (Å²) in [6.45, 7) is 0. The Labute approximate surface area is 93.5 Å². The molecule has 0 spiro atoms. The van der Waals surface area contributed by atoms with Crippen molar-refractivity contribution in [1.82, 2.24) is 9.97 Å². The smallest absolute Gasteiger partial charge is 0.133 e. The minimum Gasteiger partial charge on any atom is -0.496 e. The fraction of sp³-hybridized carbons (Fsp3) is 0.167. The van der Waals surface area contributed by atoms with Gasteiger partial charge in [-0.3, -0.25) is 0 Å². The van der Waals surface area contributed by atoms with Crippen molar-refractivity contribution >= 4 is 0 Å². The molecule has 1 aromatic carbocycles. The maximum absolute atomic E-state index is 9.21. The lowest BCUT2D eigenvalue weighted by Crippen LogP contribution is -2.02. The third-order valence-corrected chi connectivity index (χ3v) is 2.37. The maximum Gasteiger partial charge on any atom is 0.133 e. The quantitative estimate of drug-likeness (QED) is 0.849. The van der Waals surface area contributed by atoms with E-state index in [1.54, 1.807) is 19.5 Å². The van der Waals surface area contributed by atoms with Gasteiger partial charge in [-0.25, -0.2) is 4.98 Å². The summed E-state index contributed by atoms with van der Waals surface area (Å²) in [6.07, 6.45) is 3.34. The maximum atomic E-state index is 9.21. The largest absolute Gasteiger partial charge is 0.496 e. The van der Waals surface area contributed by atoms with Crippen LogP contribution in [0.5, 0.6) is 5.75 Å². The molecule has 0 saturated carbocycles. The van der Waals surface area contributed by atoms with Gasteiger partial charge in [0.15, 0.2) is 0 Å². The highest BCUT2D eigenvalue weighted by atomic mass is 16.5. The van der Waals surface area contributed by atoms with Crippen LogP contribution in [0.25, 0.3) is 0 Å². The molecule has 1 unspecified atom stereocenters. The van der Waals surface area contributed by atoms with Crippen molar-refractivity contribution in [2.24, 2.45) is 0 Å². The Hall–Kier alpha value is -2.28. The number of benzene rings is 1. The third-order valence-electron chi connectivity index (χ3n) is 2.37. The van der Waals surface area contributed by atoms with Gasteiger partial charge >= 0.3 is 0 Å². The van der Waals surface area contributed by atoms with Crippen LogP contribution >= 0.6 is 0 Å². The van der Waals surface area contributed by atoms with E-state index in [4.69, 9.17) is 4.74 Å². The van der Waals surface area contributed by atoms with Gasteiger partial charge in [0.1, 0.15) is 17.5 Å². The number of ether oxygens (including phenoxy) is 1. The van der Waals surface area contributed by atoms with Crippen LogP contribution in [-0.2, 0) is 0 Å². The van der Waals surface area contributed by atoms with E-state index in [0.29, 0.717) is 11.6 Å². The molecule has 2 aromatic rings. The molecule has 0 fully saturated rings. The van der Waals surface area contributed by atoms with Gasteiger partial charge in [0, 0.05) is 18.0 Å².